The summed E-state index contributed by atoms with van der Waals surface area (Å²) >= 11 is 0. The Morgan fingerprint density at radius 2 is 1.89 bits per heavy atom. The van der Waals surface area contributed by atoms with E-state index in [9.17, 15) is 9.90 Å². The van der Waals surface area contributed by atoms with Crippen molar-refractivity contribution < 1.29 is 15.0 Å². The summed E-state index contributed by atoms with van der Waals surface area (Å²) in [5.74, 6) is -1.23. The van der Waals surface area contributed by atoms with Crippen molar-refractivity contribution >= 4 is 17.3 Å². The average Bonchev–Trinajstić information content (AvgIpc) is 2.91. The number of aliphatic carboxylic acids is 1. The lowest BCUT2D eigenvalue weighted by Crippen LogP contribution is -2.41. The van der Waals surface area contributed by atoms with Gasteiger partial charge in [-0.3, -0.25) is 0 Å². The van der Waals surface area contributed by atoms with Crippen LogP contribution in [0.5, 0.6) is 0 Å². The fourth-order valence-corrected chi connectivity index (χ4v) is 2.12. The maximum atomic E-state index is 10.8. The molecular formula is C14H20N2O3. The second kappa shape index (κ2) is 5.48. The number of carboxylic acids is 1. The van der Waals surface area contributed by atoms with Crippen LogP contribution in [0.4, 0.5) is 11.4 Å². The van der Waals surface area contributed by atoms with Gasteiger partial charge in [-0.25, -0.2) is 4.79 Å². The van der Waals surface area contributed by atoms with Crippen molar-refractivity contribution in [1.29, 1.82) is 0 Å². The highest BCUT2D eigenvalue weighted by molar-refractivity contribution is 5.77. The topological polar surface area (TPSA) is 72.8 Å². The van der Waals surface area contributed by atoms with Gasteiger partial charge in [0.15, 0.2) is 5.60 Å². The highest BCUT2D eigenvalue weighted by Crippen LogP contribution is 2.22. The minimum Gasteiger partial charge on any atom is -0.479 e. The third-order valence-electron chi connectivity index (χ3n) is 3.44. The number of carboxylic acid groups (broad SMARTS) is 1. The van der Waals surface area contributed by atoms with E-state index in [0.717, 1.165) is 18.8 Å². The van der Waals surface area contributed by atoms with Gasteiger partial charge in [-0.1, -0.05) is 0 Å². The summed E-state index contributed by atoms with van der Waals surface area (Å²) in [5.41, 5.74) is 0.241. The minimum absolute atomic E-state index is 0.0224. The molecule has 1 unspecified atom stereocenters. The standard InChI is InChI=1S/C14H20N2O3/c1-14(19,13(17)18)10-15-11-4-6-12(7-5-11)16-8-2-3-9-16/h4-7,15,19H,2-3,8-10H2,1H3,(H,17,18). The minimum atomic E-state index is -1.76. The van der Waals surface area contributed by atoms with E-state index >= 15 is 0 Å². The number of aliphatic hydroxyl groups is 1. The number of rotatable bonds is 5. The van der Waals surface area contributed by atoms with Gasteiger partial charge in [-0.15, -0.1) is 0 Å². The second-order valence-electron chi connectivity index (χ2n) is 5.17. The smallest absolute Gasteiger partial charge is 0.337 e. The second-order valence-corrected chi connectivity index (χ2v) is 5.17. The number of benzene rings is 1. The predicted octanol–water partition coefficient (Wildman–Crippen LogP) is 1.53. The summed E-state index contributed by atoms with van der Waals surface area (Å²) < 4.78 is 0. The van der Waals surface area contributed by atoms with Crippen molar-refractivity contribution in [2.75, 3.05) is 29.9 Å². The summed E-state index contributed by atoms with van der Waals surface area (Å²) in [5, 5.41) is 21.4. The quantitative estimate of drug-likeness (QED) is 0.752. The van der Waals surface area contributed by atoms with Gasteiger partial charge < -0.3 is 20.4 Å². The monoisotopic (exact) mass is 264 g/mol. The Labute approximate surface area is 112 Å². The fourth-order valence-electron chi connectivity index (χ4n) is 2.12. The normalized spacial score (nSPS) is 18.1. The molecule has 0 amide bonds. The van der Waals surface area contributed by atoms with Gasteiger partial charge in [0, 0.05) is 24.5 Å². The molecule has 1 atom stereocenters. The molecule has 0 saturated carbocycles. The molecule has 104 valence electrons. The van der Waals surface area contributed by atoms with Gasteiger partial charge in [0.25, 0.3) is 0 Å². The van der Waals surface area contributed by atoms with Crippen LogP contribution in [0, 0.1) is 0 Å². The van der Waals surface area contributed by atoms with Gasteiger partial charge in [-0.05, 0) is 44.0 Å². The van der Waals surface area contributed by atoms with Crippen LogP contribution in [0.2, 0.25) is 0 Å². The SMILES string of the molecule is CC(O)(CNc1ccc(N2CCCC2)cc1)C(=O)O. The van der Waals surface area contributed by atoms with Crippen molar-refractivity contribution in [3.63, 3.8) is 0 Å². The van der Waals surface area contributed by atoms with Gasteiger partial charge in [0.1, 0.15) is 0 Å². The molecule has 1 fully saturated rings. The molecule has 0 aliphatic carbocycles. The maximum Gasteiger partial charge on any atom is 0.337 e. The molecule has 1 aromatic carbocycles. The van der Waals surface area contributed by atoms with Crippen molar-refractivity contribution in [2.45, 2.75) is 25.4 Å². The molecule has 1 aliphatic heterocycles. The Morgan fingerprint density at radius 1 is 1.32 bits per heavy atom. The molecule has 1 heterocycles. The Kier molecular flexibility index (Phi) is 3.95. The first-order valence-corrected chi connectivity index (χ1v) is 6.54. The Morgan fingerprint density at radius 3 is 2.42 bits per heavy atom. The predicted molar refractivity (Wildman–Crippen MR) is 74.6 cm³/mol. The zero-order valence-corrected chi connectivity index (χ0v) is 11.1. The van der Waals surface area contributed by atoms with Crippen molar-refractivity contribution in [2.24, 2.45) is 0 Å². The lowest BCUT2D eigenvalue weighted by atomic mass is 10.1. The largest absolute Gasteiger partial charge is 0.479 e. The fraction of sp³-hybridized carbons (Fsp3) is 0.500. The molecule has 5 heteroatoms. The Hall–Kier alpha value is -1.75. The first kappa shape index (κ1) is 13.7. The van der Waals surface area contributed by atoms with E-state index in [0.29, 0.717) is 0 Å². The zero-order valence-electron chi connectivity index (χ0n) is 11.1. The van der Waals surface area contributed by atoms with Crippen molar-refractivity contribution in [3.8, 4) is 0 Å². The van der Waals surface area contributed by atoms with Gasteiger partial charge in [0.2, 0.25) is 0 Å². The van der Waals surface area contributed by atoms with Gasteiger partial charge in [0.05, 0.1) is 6.54 Å². The lowest BCUT2D eigenvalue weighted by molar-refractivity contribution is -0.155. The first-order chi connectivity index (χ1) is 8.99. The number of hydrogen-bond acceptors (Lipinski definition) is 4. The molecule has 0 spiro atoms. The number of nitrogens with one attached hydrogen (secondary N) is 1. The number of hydrogen-bond donors (Lipinski definition) is 3. The molecule has 1 saturated heterocycles. The molecule has 3 N–H and O–H groups in total. The van der Waals surface area contributed by atoms with Crippen LogP contribution in [0.3, 0.4) is 0 Å². The molecule has 19 heavy (non-hydrogen) atoms. The molecule has 2 rings (SSSR count). The van der Waals surface area contributed by atoms with Gasteiger partial charge in [-0.2, -0.15) is 0 Å². The first-order valence-electron chi connectivity index (χ1n) is 6.54. The van der Waals surface area contributed by atoms with E-state index in [2.05, 4.69) is 10.2 Å². The average molecular weight is 264 g/mol. The van der Waals surface area contributed by atoms with Crippen LogP contribution < -0.4 is 10.2 Å². The summed E-state index contributed by atoms with van der Waals surface area (Å²) in [6.45, 7) is 3.45. The van der Waals surface area contributed by atoms with Crippen molar-refractivity contribution in [3.05, 3.63) is 24.3 Å². The maximum absolute atomic E-state index is 10.8. The zero-order chi connectivity index (χ0) is 13.9. The van der Waals surface area contributed by atoms with Crippen LogP contribution in [0.15, 0.2) is 24.3 Å². The number of carbonyl (C=O) groups is 1. The number of anilines is 2. The lowest BCUT2D eigenvalue weighted by Gasteiger charge is -2.20. The molecule has 0 radical (unpaired) electrons. The molecule has 5 nitrogen and oxygen atoms in total. The van der Waals surface area contributed by atoms with E-state index in [-0.39, 0.29) is 6.54 Å². The third kappa shape index (κ3) is 3.38. The van der Waals surface area contributed by atoms with Crippen LogP contribution in [0.1, 0.15) is 19.8 Å². The molecule has 1 aromatic rings. The van der Waals surface area contributed by atoms with Crippen LogP contribution in [-0.2, 0) is 4.79 Å². The van der Waals surface area contributed by atoms with E-state index < -0.39 is 11.6 Å². The number of nitrogens with zero attached hydrogens (tertiary/aromatic N) is 1. The van der Waals surface area contributed by atoms with Crippen LogP contribution in [0.25, 0.3) is 0 Å². The molecular weight excluding hydrogens is 244 g/mol. The molecule has 0 aromatic heterocycles. The summed E-state index contributed by atoms with van der Waals surface area (Å²) in [4.78, 5) is 13.1. The molecule has 0 bridgehead atoms. The van der Waals surface area contributed by atoms with Gasteiger partial charge >= 0.3 is 5.97 Å². The van der Waals surface area contributed by atoms with Crippen LogP contribution >= 0.6 is 0 Å². The Bertz CT molecular complexity index is 437. The molecule has 1 aliphatic rings. The van der Waals surface area contributed by atoms with E-state index in [4.69, 9.17) is 5.11 Å². The van der Waals surface area contributed by atoms with E-state index in [1.165, 1.54) is 25.5 Å². The highest BCUT2D eigenvalue weighted by atomic mass is 16.4. The highest BCUT2D eigenvalue weighted by Gasteiger charge is 2.29. The van der Waals surface area contributed by atoms with Crippen LogP contribution in [-0.4, -0.2) is 41.4 Å². The van der Waals surface area contributed by atoms with E-state index in [1.54, 1.807) is 0 Å². The summed E-state index contributed by atoms with van der Waals surface area (Å²) in [6.07, 6.45) is 2.48. The van der Waals surface area contributed by atoms with E-state index in [1.807, 2.05) is 24.3 Å². The third-order valence-corrected chi connectivity index (χ3v) is 3.44. The summed E-state index contributed by atoms with van der Waals surface area (Å²) in [7, 11) is 0. The van der Waals surface area contributed by atoms with Crippen molar-refractivity contribution in [1.82, 2.24) is 0 Å². The Balaban J connectivity index is 1.93. The summed E-state index contributed by atoms with van der Waals surface area (Å²) in [6, 6.07) is 7.85.